The molecule has 6 heteroatoms. The maximum absolute atomic E-state index is 10.9. The first-order chi connectivity index (χ1) is 16.1. The molecule has 1 fully saturated rings. The number of aliphatic hydroxyl groups excluding tert-OH is 1. The highest BCUT2D eigenvalue weighted by Crippen LogP contribution is 2.28. The molecule has 4 aromatic rings. The molecule has 0 radical (unpaired) electrons. The summed E-state index contributed by atoms with van der Waals surface area (Å²) in [7, 11) is 4.02. The number of nitrogens with one attached hydrogen (secondary N) is 2. The van der Waals surface area contributed by atoms with E-state index in [2.05, 4.69) is 34.9 Å². The van der Waals surface area contributed by atoms with Gasteiger partial charge in [-0.25, -0.2) is 4.98 Å². The lowest BCUT2D eigenvalue weighted by molar-refractivity contribution is 0.114. The Balaban J connectivity index is 1.23. The molecular weight excluding hydrogens is 410 g/mol. The monoisotopic (exact) mass is 441 g/mol. The third kappa shape index (κ3) is 4.63. The Kier molecular flexibility index (Phi) is 6.11. The summed E-state index contributed by atoms with van der Waals surface area (Å²) in [6.45, 7) is 0. The van der Waals surface area contributed by atoms with Crippen LogP contribution in [-0.4, -0.2) is 41.3 Å². The van der Waals surface area contributed by atoms with Gasteiger partial charge in [0.2, 0.25) is 5.95 Å². The van der Waals surface area contributed by atoms with E-state index in [1.54, 1.807) is 0 Å². The van der Waals surface area contributed by atoms with E-state index >= 15 is 0 Å². The van der Waals surface area contributed by atoms with E-state index in [9.17, 15) is 5.11 Å². The molecule has 1 atom stereocenters. The number of nitrogens with zero attached hydrogens (tertiary/aromatic N) is 3. The number of rotatable bonds is 6. The molecule has 33 heavy (non-hydrogen) atoms. The highest BCUT2D eigenvalue weighted by atomic mass is 16.3. The Labute approximate surface area is 194 Å². The van der Waals surface area contributed by atoms with Gasteiger partial charge in [0.1, 0.15) is 12.0 Å². The number of fused-ring (bicyclic) bond motifs is 2. The molecule has 6 nitrogen and oxygen atoms in total. The Bertz CT molecular complexity index is 1240. The van der Waals surface area contributed by atoms with Crippen molar-refractivity contribution in [3.8, 4) is 0 Å². The fourth-order valence-electron chi connectivity index (χ4n) is 4.85. The normalized spacial score (nSPS) is 19.5. The van der Waals surface area contributed by atoms with Crippen molar-refractivity contribution in [2.45, 2.75) is 44.0 Å². The molecule has 0 bridgehead atoms. The largest absolute Gasteiger partial charge is 0.374 e. The van der Waals surface area contributed by atoms with Gasteiger partial charge in [-0.3, -0.25) is 5.32 Å². The van der Waals surface area contributed by atoms with Gasteiger partial charge in [-0.15, -0.1) is 0 Å². The maximum atomic E-state index is 10.9. The maximum Gasteiger partial charge on any atom is 0.225 e. The van der Waals surface area contributed by atoms with Crippen LogP contribution in [0.2, 0.25) is 0 Å². The molecule has 1 unspecified atom stereocenters. The zero-order chi connectivity index (χ0) is 22.8. The SMILES string of the molecule is CN(C)c1nc(NC2CCC(NC(O)c3cccc4ccccc34)CC2)nc2ccccc12. The molecule has 1 heterocycles. The summed E-state index contributed by atoms with van der Waals surface area (Å²) in [6.07, 6.45) is 3.33. The van der Waals surface area contributed by atoms with E-state index in [0.29, 0.717) is 12.0 Å². The molecule has 3 N–H and O–H groups in total. The second-order valence-corrected chi connectivity index (χ2v) is 9.11. The fraction of sp³-hybridized carbons (Fsp3) is 0.333. The van der Waals surface area contributed by atoms with E-state index < -0.39 is 6.23 Å². The second-order valence-electron chi connectivity index (χ2n) is 9.11. The molecule has 1 saturated carbocycles. The van der Waals surface area contributed by atoms with E-state index in [0.717, 1.165) is 58.7 Å². The Morgan fingerprint density at radius 3 is 2.27 bits per heavy atom. The van der Waals surface area contributed by atoms with E-state index in [1.165, 1.54) is 0 Å². The number of aliphatic hydroxyl groups is 1. The zero-order valence-electron chi connectivity index (χ0n) is 19.2. The van der Waals surface area contributed by atoms with E-state index in [-0.39, 0.29) is 6.04 Å². The summed E-state index contributed by atoms with van der Waals surface area (Å²) < 4.78 is 0. The molecule has 1 aliphatic carbocycles. The van der Waals surface area contributed by atoms with Gasteiger partial charge in [0.15, 0.2) is 0 Å². The first kappa shape index (κ1) is 21.6. The quantitative estimate of drug-likeness (QED) is 0.372. The van der Waals surface area contributed by atoms with Crippen LogP contribution in [0.1, 0.15) is 37.5 Å². The van der Waals surface area contributed by atoms with E-state index in [1.807, 2.05) is 61.5 Å². The number of hydrogen-bond acceptors (Lipinski definition) is 6. The highest BCUT2D eigenvalue weighted by Gasteiger charge is 2.24. The zero-order valence-corrected chi connectivity index (χ0v) is 19.2. The van der Waals surface area contributed by atoms with E-state index in [4.69, 9.17) is 9.97 Å². The number of para-hydroxylation sites is 1. The van der Waals surface area contributed by atoms with Crippen molar-refractivity contribution in [2.75, 3.05) is 24.3 Å². The first-order valence-electron chi connectivity index (χ1n) is 11.7. The number of anilines is 2. The predicted octanol–water partition coefficient (Wildman–Crippen LogP) is 4.85. The molecule has 1 aromatic heterocycles. The Morgan fingerprint density at radius 2 is 1.48 bits per heavy atom. The summed E-state index contributed by atoms with van der Waals surface area (Å²) in [5, 5.41) is 21.2. The molecule has 1 aliphatic rings. The van der Waals surface area contributed by atoms with Crippen LogP contribution in [0.5, 0.6) is 0 Å². The summed E-state index contributed by atoms with van der Waals surface area (Å²) >= 11 is 0. The van der Waals surface area contributed by atoms with Crippen molar-refractivity contribution < 1.29 is 5.11 Å². The first-order valence-corrected chi connectivity index (χ1v) is 11.7. The molecule has 3 aromatic carbocycles. The van der Waals surface area contributed by atoms with Gasteiger partial charge >= 0.3 is 0 Å². The number of benzene rings is 3. The van der Waals surface area contributed by atoms with Crippen molar-refractivity contribution in [3.63, 3.8) is 0 Å². The average Bonchev–Trinajstić information content (AvgIpc) is 2.84. The molecule has 170 valence electrons. The minimum atomic E-state index is -0.669. The molecular formula is C27H31N5O. The molecule has 0 saturated heterocycles. The van der Waals surface area contributed by atoms with Gasteiger partial charge in [-0.1, -0.05) is 54.6 Å². The predicted molar refractivity (Wildman–Crippen MR) is 136 cm³/mol. The lowest BCUT2D eigenvalue weighted by Crippen LogP contribution is -2.39. The summed E-state index contributed by atoms with van der Waals surface area (Å²) in [5.74, 6) is 1.61. The van der Waals surface area contributed by atoms with Crippen LogP contribution in [0.15, 0.2) is 66.7 Å². The standard InChI is InChI=1S/C27H31N5O/c1-32(2)25-23-11-5-6-13-24(23)30-27(31-25)29-20-16-14-19(15-17-20)28-26(33)22-12-7-9-18-8-3-4-10-21(18)22/h3-13,19-20,26,28,33H,14-17H2,1-2H3,(H,29,30,31). The van der Waals surface area contributed by atoms with Crippen molar-refractivity contribution in [2.24, 2.45) is 0 Å². The van der Waals surface area contributed by atoms with Crippen LogP contribution >= 0.6 is 0 Å². The Morgan fingerprint density at radius 1 is 0.818 bits per heavy atom. The van der Waals surface area contributed by atoms with Crippen molar-refractivity contribution in [1.29, 1.82) is 0 Å². The van der Waals surface area contributed by atoms with Gasteiger partial charge in [-0.2, -0.15) is 4.98 Å². The topological polar surface area (TPSA) is 73.3 Å². The van der Waals surface area contributed by atoms with Gasteiger partial charge < -0.3 is 15.3 Å². The smallest absolute Gasteiger partial charge is 0.225 e. The summed E-state index contributed by atoms with van der Waals surface area (Å²) in [5.41, 5.74) is 1.89. The van der Waals surface area contributed by atoms with Crippen LogP contribution in [0, 0.1) is 0 Å². The number of aromatic nitrogens is 2. The average molecular weight is 442 g/mol. The van der Waals surface area contributed by atoms with Crippen molar-refractivity contribution in [1.82, 2.24) is 15.3 Å². The minimum absolute atomic E-state index is 0.284. The molecule has 0 spiro atoms. The minimum Gasteiger partial charge on any atom is -0.374 e. The van der Waals surface area contributed by atoms with Crippen LogP contribution in [0.25, 0.3) is 21.7 Å². The summed E-state index contributed by atoms with van der Waals surface area (Å²) in [4.78, 5) is 11.6. The highest BCUT2D eigenvalue weighted by molar-refractivity contribution is 5.90. The third-order valence-electron chi connectivity index (χ3n) is 6.58. The van der Waals surface area contributed by atoms with Crippen LogP contribution in [-0.2, 0) is 0 Å². The van der Waals surface area contributed by atoms with Gasteiger partial charge in [0.05, 0.1) is 5.52 Å². The van der Waals surface area contributed by atoms with Gasteiger partial charge in [0, 0.05) is 37.1 Å². The van der Waals surface area contributed by atoms with Gasteiger partial charge in [-0.05, 0) is 48.6 Å². The molecule has 5 rings (SSSR count). The molecule has 0 amide bonds. The third-order valence-corrected chi connectivity index (χ3v) is 6.58. The fourth-order valence-corrected chi connectivity index (χ4v) is 4.85. The van der Waals surface area contributed by atoms with Crippen LogP contribution in [0.4, 0.5) is 11.8 Å². The lowest BCUT2D eigenvalue weighted by atomic mass is 9.90. The van der Waals surface area contributed by atoms with Crippen LogP contribution < -0.4 is 15.5 Å². The lowest BCUT2D eigenvalue weighted by Gasteiger charge is -2.31. The van der Waals surface area contributed by atoms with Crippen molar-refractivity contribution in [3.05, 3.63) is 72.3 Å². The number of hydrogen-bond donors (Lipinski definition) is 3. The van der Waals surface area contributed by atoms with Gasteiger partial charge in [0.25, 0.3) is 0 Å². The Hall–Kier alpha value is -3.22. The second kappa shape index (κ2) is 9.33. The molecule has 0 aliphatic heterocycles. The van der Waals surface area contributed by atoms with Crippen molar-refractivity contribution >= 4 is 33.4 Å². The summed E-state index contributed by atoms with van der Waals surface area (Å²) in [6, 6.07) is 23.0. The van der Waals surface area contributed by atoms with Crippen LogP contribution in [0.3, 0.4) is 0 Å².